The second-order valence-corrected chi connectivity index (χ2v) is 9.85. The Kier molecular flexibility index (Phi) is 5.08. The van der Waals surface area contributed by atoms with Gasteiger partial charge in [-0.1, -0.05) is 65.7 Å². The summed E-state index contributed by atoms with van der Waals surface area (Å²) >= 11 is 0. The second kappa shape index (κ2) is 7.90. The van der Waals surface area contributed by atoms with Gasteiger partial charge in [-0.05, 0) is 48.7 Å². The van der Waals surface area contributed by atoms with Gasteiger partial charge in [0.1, 0.15) is 6.04 Å². The van der Waals surface area contributed by atoms with E-state index in [-0.39, 0.29) is 4.90 Å². The van der Waals surface area contributed by atoms with E-state index in [0.717, 1.165) is 34.7 Å². The summed E-state index contributed by atoms with van der Waals surface area (Å²) < 4.78 is 34.2. The lowest BCUT2D eigenvalue weighted by molar-refractivity contribution is 0.204. The Morgan fingerprint density at radius 1 is 0.968 bits per heavy atom. The van der Waals surface area contributed by atoms with Crippen LogP contribution in [0.25, 0.3) is 22.2 Å². The highest BCUT2D eigenvalue weighted by atomic mass is 32.2. The molecule has 0 spiro atoms. The molecule has 0 aliphatic carbocycles. The monoisotopic (exact) mass is 433 g/mol. The third-order valence-corrected chi connectivity index (χ3v) is 7.69. The minimum Gasteiger partial charge on any atom is -0.337 e. The zero-order valence-electron chi connectivity index (χ0n) is 17.2. The molecule has 1 fully saturated rings. The van der Waals surface area contributed by atoms with Crippen LogP contribution in [0.5, 0.6) is 0 Å². The van der Waals surface area contributed by atoms with Crippen molar-refractivity contribution in [3.05, 3.63) is 78.2 Å². The summed E-state index contributed by atoms with van der Waals surface area (Å²) in [6, 6.07) is 20.4. The molecule has 1 atom stereocenters. The van der Waals surface area contributed by atoms with Gasteiger partial charge in [0.25, 0.3) is 0 Å². The van der Waals surface area contributed by atoms with Gasteiger partial charge in [0.15, 0.2) is 0 Å². The maximum atomic E-state index is 13.6. The van der Waals surface area contributed by atoms with Crippen molar-refractivity contribution in [2.45, 2.75) is 37.1 Å². The minimum absolute atomic E-state index is 0.288. The lowest BCUT2D eigenvalue weighted by Crippen LogP contribution is -2.38. The summed E-state index contributed by atoms with van der Waals surface area (Å²) in [7, 11) is -3.71. The van der Waals surface area contributed by atoms with E-state index in [0.29, 0.717) is 24.7 Å². The minimum atomic E-state index is -3.71. The van der Waals surface area contributed by atoms with Crippen molar-refractivity contribution in [2.75, 3.05) is 6.54 Å². The number of fused-ring (bicyclic) bond motifs is 1. The number of hydrogen-bond donors (Lipinski definition) is 0. The molecule has 1 saturated heterocycles. The summed E-state index contributed by atoms with van der Waals surface area (Å²) in [4.78, 5) is 4.86. The summed E-state index contributed by atoms with van der Waals surface area (Å²) in [5.74, 6) is 0.827. The van der Waals surface area contributed by atoms with Crippen LogP contribution in [-0.4, -0.2) is 29.4 Å². The molecule has 1 aliphatic heterocycles. The molecule has 3 aromatic carbocycles. The fourth-order valence-electron chi connectivity index (χ4n) is 4.17. The Balaban J connectivity index is 1.50. The maximum absolute atomic E-state index is 13.6. The molecular weight excluding hydrogens is 410 g/mol. The van der Waals surface area contributed by atoms with Crippen LogP contribution in [0.15, 0.2) is 76.1 Å². The third kappa shape index (κ3) is 3.75. The molecule has 4 aromatic rings. The van der Waals surface area contributed by atoms with E-state index in [4.69, 9.17) is 4.52 Å². The smallest absolute Gasteiger partial charge is 0.245 e. The van der Waals surface area contributed by atoms with Crippen molar-refractivity contribution in [3.8, 4) is 11.4 Å². The average molecular weight is 434 g/mol. The number of benzene rings is 3. The molecule has 5 rings (SSSR count). The summed E-state index contributed by atoms with van der Waals surface area (Å²) in [5, 5.41) is 6.04. The Morgan fingerprint density at radius 3 is 2.65 bits per heavy atom. The normalized spacial score (nSPS) is 17.8. The maximum Gasteiger partial charge on any atom is 0.245 e. The van der Waals surface area contributed by atoms with Gasteiger partial charge in [0, 0.05) is 12.1 Å². The molecule has 1 aromatic heterocycles. The molecule has 0 N–H and O–H groups in total. The molecule has 1 unspecified atom stereocenters. The summed E-state index contributed by atoms with van der Waals surface area (Å²) in [6.07, 6.45) is 2.38. The van der Waals surface area contributed by atoms with Crippen LogP contribution in [-0.2, 0) is 10.0 Å². The van der Waals surface area contributed by atoms with Crippen LogP contribution in [0.4, 0.5) is 0 Å². The number of aryl methyl sites for hydroxylation is 1. The Morgan fingerprint density at radius 2 is 1.81 bits per heavy atom. The zero-order valence-corrected chi connectivity index (χ0v) is 18.0. The van der Waals surface area contributed by atoms with E-state index in [1.807, 2.05) is 61.5 Å². The van der Waals surface area contributed by atoms with Crippen LogP contribution in [0.3, 0.4) is 0 Å². The number of aromatic nitrogens is 2. The largest absolute Gasteiger partial charge is 0.337 e. The van der Waals surface area contributed by atoms with Gasteiger partial charge >= 0.3 is 0 Å². The van der Waals surface area contributed by atoms with Crippen LogP contribution < -0.4 is 0 Å². The summed E-state index contributed by atoms with van der Waals surface area (Å²) in [5.41, 5.74) is 1.96. The van der Waals surface area contributed by atoms with E-state index in [9.17, 15) is 8.42 Å². The van der Waals surface area contributed by atoms with Crippen molar-refractivity contribution >= 4 is 20.8 Å². The molecule has 2 heterocycles. The molecule has 6 nitrogen and oxygen atoms in total. The first-order valence-electron chi connectivity index (χ1n) is 10.4. The van der Waals surface area contributed by atoms with Crippen LogP contribution in [0.1, 0.15) is 36.8 Å². The van der Waals surface area contributed by atoms with Crippen LogP contribution in [0.2, 0.25) is 0 Å². The van der Waals surface area contributed by atoms with Crippen molar-refractivity contribution in [3.63, 3.8) is 0 Å². The molecule has 0 radical (unpaired) electrons. The third-order valence-electron chi connectivity index (χ3n) is 5.78. The number of sulfonamides is 1. The van der Waals surface area contributed by atoms with Gasteiger partial charge in [0.05, 0.1) is 4.90 Å². The van der Waals surface area contributed by atoms with Gasteiger partial charge in [0.2, 0.25) is 21.7 Å². The SMILES string of the molecule is Cc1cccc(-c2noc(C3CCCCN3S(=O)(=O)c3ccc4ccccc4c3)n2)c1. The molecule has 158 valence electrons. The van der Waals surface area contributed by atoms with E-state index >= 15 is 0 Å². The number of nitrogens with zero attached hydrogens (tertiary/aromatic N) is 3. The first-order chi connectivity index (χ1) is 15.0. The fourth-order valence-corrected chi connectivity index (χ4v) is 5.86. The van der Waals surface area contributed by atoms with Gasteiger partial charge in [-0.3, -0.25) is 0 Å². The van der Waals surface area contributed by atoms with Crippen molar-refractivity contribution in [1.29, 1.82) is 0 Å². The van der Waals surface area contributed by atoms with E-state index in [1.165, 1.54) is 4.31 Å². The van der Waals surface area contributed by atoms with E-state index in [2.05, 4.69) is 10.1 Å². The van der Waals surface area contributed by atoms with E-state index in [1.54, 1.807) is 12.1 Å². The average Bonchev–Trinajstić information content (AvgIpc) is 3.29. The highest BCUT2D eigenvalue weighted by Crippen LogP contribution is 2.36. The Hall–Kier alpha value is -3.03. The van der Waals surface area contributed by atoms with Crippen molar-refractivity contribution < 1.29 is 12.9 Å². The van der Waals surface area contributed by atoms with Crippen LogP contribution in [0, 0.1) is 6.92 Å². The van der Waals surface area contributed by atoms with Gasteiger partial charge in [-0.25, -0.2) is 8.42 Å². The molecular formula is C24H23N3O3S. The van der Waals surface area contributed by atoms with E-state index < -0.39 is 16.1 Å². The highest BCUT2D eigenvalue weighted by Gasteiger charge is 2.37. The number of hydrogen-bond acceptors (Lipinski definition) is 5. The zero-order chi connectivity index (χ0) is 21.4. The highest BCUT2D eigenvalue weighted by molar-refractivity contribution is 7.89. The molecule has 1 aliphatic rings. The van der Waals surface area contributed by atoms with Crippen molar-refractivity contribution in [1.82, 2.24) is 14.4 Å². The van der Waals surface area contributed by atoms with Crippen molar-refractivity contribution in [2.24, 2.45) is 0 Å². The lowest BCUT2D eigenvalue weighted by atomic mass is 10.1. The lowest BCUT2D eigenvalue weighted by Gasteiger charge is -2.32. The summed E-state index contributed by atoms with van der Waals surface area (Å²) in [6.45, 7) is 2.44. The van der Waals surface area contributed by atoms with Gasteiger partial charge in [-0.15, -0.1) is 0 Å². The second-order valence-electron chi connectivity index (χ2n) is 7.96. The predicted molar refractivity (Wildman–Crippen MR) is 119 cm³/mol. The topological polar surface area (TPSA) is 76.3 Å². The van der Waals surface area contributed by atoms with Gasteiger partial charge < -0.3 is 4.52 Å². The van der Waals surface area contributed by atoms with Gasteiger partial charge in [-0.2, -0.15) is 9.29 Å². The number of piperidine rings is 1. The quantitative estimate of drug-likeness (QED) is 0.447. The first kappa shape index (κ1) is 19.9. The Labute approximate surface area is 181 Å². The molecule has 0 amide bonds. The molecule has 0 bridgehead atoms. The molecule has 0 saturated carbocycles. The first-order valence-corrected chi connectivity index (χ1v) is 11.9. The standard InChI is InChI=1S/C24H23N3O3S/c1-17-7-6-10-20(15-17)23-25-24(30-26-23)22-11-4-5-14-27(22)31(28,29)21-13-12-18-8-2-3-9-19(18)16-21/h2-3,6-10,12-13,15-16,22H,4-5,11,14H2,1H3. The fraction of sp³-hybridized carbons (Fsp3) is 0.250. The molecule has 7 heteroatoms. The predicted octanol–water partition coefficient (Wildman–Crippen LogP) is 5.11. The van der Waals surface area contributed by atoms with Crippen LogP contribution >= 0.6 is 0 Å². The Bertz CT molecular complexity index is 1350. The number of rotatable bonds is 4. The molecule has 31 heavy (non-hydrogen) atoms.